The summed E-state index contributed by atoms with van der Waals surface area (Å²) in [5.41, 5.74) is 8.27. The zero-order valence-electron chi connectivity index (χ0n) is 12.2. The van der Waals surface area contributed by atoms with Gasteiger partial charge in [-0.05, 0) is 31.5 Å². The molecule has 2 aromatic rings. The fraction of sp³-hybridized carbons (Fsp3) is 0.235. The molecule has 0 aliphatic carbocycles. The van der Waals surface area contributed by atoms with Crippen LogP contribution < -0.4 is 10.6 Å². The molecule has 108 valence electrons. The molecule has 0 radical (unpaired) electrons. The van der Waals surface area contributed by atoms with E-state index in [1.54, 1.807) is 23.1 Å². The second-order valence-corrected chi connectivity index (χ2v) is 5.60. The number of guanidine groups is 1. The number of aliphatic imine (C=N–C) groups is 1. The molecule has 1 atom stereocenters. The van der Waals surface area contributed by atoms with Crippen molar-refractivity contribution in [2.75, 3.05) is 11.4 Å². The molecular weight excluding hydrogens is 265 g/mol. The first-order valence-electron chi connectivity index (χ1n) is 6.94. The van der Waals surface area contributed by atoms with E-state index >= 15 is 0 Å². The van der Waals surface area contributed by atoms with Crippen LogP contribution in [0.2, 0.25) is 0 Å². The molecule has 0 bridgehead atoms. The van der Waals surface area contributed by atoms with Crippen molar-refractivity contribution in [2.24, 2.45) is 10.7 Å². The molecule has 1 heterocycles. The molecule has 1 unspecified atom stereocenters. The van der Waals surface area contributed by atoms with Gasteiger partial charge in [-0.1, -0.05) is 42.0 Å². The van der Waals surface area contributed by atoms with Crippen molar-refractivity contribution < 1.29 is 4.39 Å². The van der Waals surface area contributed by atoms with Crippen molar-refractivity contribution in [3.8, 4) is 0 Å². The summed E-state index contributed by atoms with van der Waals surface area (Å²) in [6.07, 6.45) is 0. The smallest absolute Gasteiger partial charge is 0.196 e. The minimum Gasteiger partial charge on any atom is -0.369 e. The zero-order valence-corrected chi connectivity index (χ0v) is 12.2. The number of hydrogen-bond donors (Lipinski definition) is 1. The Kier molecular flexibility index (Phi) is 3.16. The molecule has 1 aliphatic heterocycles. The van der Waals surface area contributed by atoms with Gasteiger partial charge >= 0.3 is 0 Å². The van der Waals surface area contributed by atoms with Gasteiger partial charge in [0.2, 0.25) is 0 Å². The van der Waals surface area contributed by atoms with E-state index in [0.717, 1.165) is 5.56 Å². The number of anilines is 1. The Morgan fingerprint density at radius 2 is 1.81 bits per heavy atom. The lowest BCUT2D eigenvalue weighted by Crippen LogP contribution is -2.48. The van der Waals surface area contributed by atoms with Crippen LogP contribution >= 0.6 is 0 Å². The Bertz CT molecular complexity index is 693. The third kappa shape index (κ3) is 2.17. The predicted octanol–water partition coefficient (Wildman–Crippen LogP) is 3.18. The Balaban J connectivity index is 2.10. The maximum Gasteiger partial charge on any atom is 0.196 e. The van der Waals surface area contributed by atoms with Gasteiger partial charge in [-0.3, -0.25) is 9.89 Å². The normalized spacial score (nSPS) is 21.5. The predicted molar refractivity (Wildman–Crippen MR) is 83.9 cm³/mol. The molecule has 0 amide bonds. The minimum absolute atomic E-state index is 0.295. The summed E-state index contributed by atoms with van der Waals surface area (Å²) in [7, 11) is 0. The fourth-order valence-corrected chi connectivity index (χ4v) is 2.78. The number of rotatable bonds is 2. The van der Waals surface area contributed by atoms with Gasteiger partial charge in [-0.15, -0.1) is 0 Å². The molecule has 21 heavy (non-hydrogen) atoms. The van der Waals surface area contributed by atoms with Crippen LogP contribution in [0.4, 0.5) is 10.1 Å². The maximum absolute atomic E-state index is 14.2. The highest BCUT2D eigenvalue weighted by molar-refractivity contribution is 5.98. The molecule has 0 aromatic heterocycles. The molecule has 4 heteroatoms. The van der Waals surface area contributed by atoms with Gasteiger partial charge in [0.05, 0.1) is 17.8 Å². The lowest BCUT2D eigenvalue weighted by atomic mass is 9.90. The molecule has 2 N–H and O–H groups in total. The van der Waals surface area contributed by atoms with Crippen molar-refractivity contribution in [3.05, 3.63) is 65.5 Å². The molecule has 3 rings (SSSR count). The molecule has 0 saturated carbocycles. The molecule has 1 aliphatic rings. The number of nitrogens with zero attached hydrogens (tertiary/aromatic N) is 2. The van der Waals surface area contributed by atoms with Crippen molar-refractivity contribution in [1.29, 1.82) is 0 Å². The van der Waals surface area contributed by atoms with Gasteiger partial charge < -0.3 is 5.73 Å². The van der Waals surface area contributed by atoms with Crippen LogP contribution in [0.5, 0.6) is 0 Å². The summed E-state index contributed by atoms with van der Waals surface area (Å²) in [6.45, 7) is 4.59. The first-order valence-corrected chi connectivity index (χ1v) is 6.94. The fourth-order valence-electron chi connectivity index (χ4n) is 2.78. The van der Waals surface area contributed by atoms with E-state index in [2.05, 4.69) is 29.3 Å². The van der Waals surface area contributed by atoms with Gasteiger partial charge in [0.15, 0.2) is 5.96 Å². The van der Waals surface area contributed by atoms with Crippen LogP contribution in [-0.2, 0) is 5.54 Å². The van der Waals surface area contributed by atoms with Crippen LogP contribution in [-0.4, -0.2) is 12.5 Å². The highest BCUT2D eigenvalue weighted by atomic mass is 19.1. The number of para-hydroxylation sites is 1. The Labute approximate surface area is 123 Å². The lowest BCUT2D eigenvalue weighted by Gasteiger charge is -2.36. The minimum atomic E-state index is -0.472. The van der Waals surface area contributed by atoms with E-state index in [1.165, 1.54) is 11.6 Å². The third-order valence-electron chi connectivity index (χ3n) is 4.04. The van der Waals surface area contributed by atoms with E-state index in [4.69, 9.17) is 5.73 Å². The van der Waals surface area contributed by atoms with Gasteiger partial charge in [0.1, 0.15) is 5.82 Å². The number of hydrogen-bond acceptors (Lipinski definition) is 3. The Morgan fingerprint density at radius 1 is 1.14 bits per heavy atom. The second-order valence-electron chi connectivity index (χ2n) is 5.60. The van der Waals surface area contributed by atoms with Crippen LogP contribution in [0.1, 0.15) is 18.1 Å². The lowest BCUT2D eigenvalue weighted by molar-refractivity contribution is 0.520. The molecule has 3 nitrogen and oxygen atoms in total. The van der Waals surface area contributed by atoms with Gasteiger partial charge in [0, 0.05) is 0 Å². The summed E-state index contributed by atoms with van der Waals surface area (Å²) in [6, 6.07) is 14.9. The van der Waals surface area contributed by atoms with Gasteiger partial charge in [-0.2, -0.15) is 0 Å². The third-order valence-corrected chi connectivity index (χ3v) is 4.04. The van der Waals surface area contributed by atoms with Crippen molar-refractivity contribution in [1.82, 2.24) is 0 Å². The van der Waals surface area contributed by atoms with E-state index in [1.807, 2.05) is 13.8 Å². The summed E-state index contributed by atoms with van der Waals surface area (Å²) in [5.74, 6) is 0.0547. The van der Waals surface area contributed by atoms with E-state index in [-0.39, 0.29) is 5.82 Å². The topological polar surface area (TPSA) is 41.6 Å². The first kappa shape index (κ1) is 13.6. The maximum atomic E-state index is 14.2. The molecule has 2 aromatic carbocycles. The largest absolute Gasteiger partial charge is 0.369 e. The van der Waals surface area contributed by atoms with E-state index in [0.29, 0.717) is 18.2 Å². The highest BCUT2D eigenvalue weighted by Crippen LogP contribution is 2.37. The van der Waals surface area contributed by atoms with Crippen molar-refractivity contribution in [3.63, 3.8) is 0 Å². The average molecular weight is 283 g/mol. The van der Waals surface area contributed by atoms with Crippen LogP contribution in [0.15, 0.2) is 53.5 Å². The summed E-state index contributed by atoms with van der Waals surface area (Å²) in [5, 5.41) is 0. The highest BCUT2D eigenvalue weighted by Gasteiger charge is 2.41. The average Bonchev–Trinajstić information content (AvgIpc) is 2.77. The van der Waals surface area contributed by atoms with Crippen molar-refractivity contribution in [2.45, 2.75) is 19.4 Å². The number of aryl methyl sites for hydroxylation is 1. The standard InChI is InChI=1S/C17H18FN3/c1-12-7-9-13(10-8-12)17(2)11-20-16(19)21(17)15-6-4-3-5-14(15)18/h3-10H,11H2,1-2H3,(H2,19,20). The summed E-state index contributed by atoms with van der Waals surface area (Å²) < 4.78 is 14.2. The van der Waals surface area contributed by atoms with Gasteiger partial charge in [0.25, 0.3) is 0 Å². The second kappa shape index (κ2) is 4.88. The van der Waals surface area contributed by atoms with Crippen LogP contribution in [0, 0.1) is 12.7 Å². The SMILES string of the molecule is Cc1ccc(C2(C)CN=C(N)N2c2ccccc2F)cc1. The Hall–Kier alpha value is -2.36. The van der Waals surface area contributed by atoms with Crippen molar-refractivity contribution >= 4 is 11.6 Å². The number of benzene rings is 2. The zero-order chi connectivity index (χ0) is 15.0. The molecule has 0 saturated heterocycles. The summed E-state index contributed by atoms with van der Waals surface area (Å²) >= 11 is 0. The summed E-state index contributed by atoms with van der Waals surface area (Å²) in [4.78, 5) is 6.13. The van der Waals surface area contributed by atoms with Crippen LogP contribution in [0.25, 0.3) is 0 Å². The molecule has 0 spiro atoms. The Morgan fingerprint density at radius 3 is 2.48 bits per heavy atom. The molecule has 0 fully saturated rings. The quantitative estimate of drug-likeness (QED) is 0.919. The van der Waals surface area contributed by atoms with Crippen LogP contribution in [0.3, 0.4) is 0 Å². The number of halogens is 1. The first-order chi connectivity index (χ1) is 10.0. The van der Waals surface area contributed by atoms with Gasteiger partial charge in [-0.25, -0.2) is 4.39 Å². The molecular formula is C17H18FN3. The number of nitrogens with two attached hydrogens (primary N) is 1. The van der Waals surface area contributed by atoms with E-state index in [9.17, 15) is 4.39 Å². The monoisotopic (exact) mass is 283 g/mol. The van der Waals surface area contributed by atoms with E-state index < -0.39 is 5.54 Å².